The van der Waals surface area contributed by atoms with Crippen LogP contribution in [0.3, 0.4) is 0 Å². The highest BCUT2D eigenvalue weighted by Crippen LogP contribution is 1.95. The molecule has 0 aromatic rings. The number of aliphatic imine (C=N–C) groups is 1. The van der Waals surface area contributed by atoms with Gasteiger partial charge in [0.2, 0.25) is 5.91 Å². The fraction of sp³-hybridized carbons (Fsp3) is 0.750. The first kappa shape index (κ1) is 9.34. The fourth-order valence-corrected chi connectivity index (χ4v) is 0.679. The topological polar surface area (TPSA) is 29.4 Å². The second kappa shape index (κ2) is 6.46. The van der Waals surface area contributed by atoms with Gasteiger partial charge in [0, 0.05) is 13.1 Å². The van der Waals surface area contributed by atoms with Gasteiger partial charge >= 0.3 is 0 Å². The monoisotopic (exact) mass is 141 g/mol. The molecule has 2 nitrogen and oxygen atoms in total. The van der Waals surface area contributed by atoms with E-state index >= 15 is 0 Å². The van der Waals surface area contributed by atoms with Crippen molar-refractivity contribution in [1.82, 2.24) is 0 Å². The molecule has 0 fully saturated rings. The Labute approximate surface area is 62.4 Å². The van der Waals surface area contributed by atoms with E-state index in [1.165, 1.54) is 19.8 Å². The molecule has 1 amide bonds. The van der Waals surface area contributed by atoms with Crippen molar-refractivity contribution < 1.29 is 4.79 Å². The normalized spacial score (nSPS) is 10.6. The molecule has 0 spiro atoms. The van der Waals surface area contributed by atoms with Crippen molar-refractivity contribution in [3.8, 4) is 0 Å². The van der Waals surface area contributed by atoms with E-state index < -0.39 is 0 Å². The van der Waals surface area contributed by atoms with Gasteiger partial charge in [-0.05, 0) is 12.8 Å². The number of carbonyl (C=O) groups is 1. The largest absolute Gasteiger partial charge is 0.273 e. The predicted molar refractivity (Wildman–Crippen MR) is 43.3 cm³/mol. The van der Waals surface area contributed by atoms with Crippen LogP contribution < -0.4 is 0 Å². The summed E-state index contributed by atoms with van der Waals surface area (Å²) in [5.41, 5.74) is 0. The van der Waals surface area contributed by atoms with Gasteiger partial charge in [0.1, 0.15) is 0 Å². The molecular weight excluding hydrogens is 126 g/mol. The maximum absolute atomic E-state index is 10.3. The highest BCUT2D eigenvalue weighted by atomic mass is 16.1. The van der Waals surface area contributed by atoms with E-state index in [1.54, 1.807) is 6.21 Å². The molecule has 0 saturated heterocycles. The lowest BCUT2D eigenvalue weighted by Crippen LogP contribution is -1.84. The van der Waals surface area contributed by atoms with Gasteiger partial charge in [-0.1, -0.05) is 19.8 Å². The van der Waals surface area contributed by atoms with Crippen LogP contribution in [0, 0.1) is 0 Å². The third-order valence-electron chi connectivity index (χ3n) is 1.21. The average molecular weight is 141 g/mol. The first-order valence-electron chi connectivity index (χ1n) is 3.80. The summed E-state index contributed by atoms with van der Waals surface area (Å²) in [5, 5.41) is 0. The van der Waals surface area contributed by atoms with Gasteiger partial charge in [-0.15, -0.1) is 0 Å². The standard InChI is InChI=1S/C8H15NO/c1-3-4-5-6-7-9-8(2)10/h7H,3-6H2,1-2H3. The smallest absolute Gasteiger partial charge is 0.242 e. The van der Waals surface area contributed by atoms with E-state index in [4.69, 9.17) is 0 Å². The summed E-state index contributed by atoms with van der Waals surface area (Å²) in [6, 6.07) is 0. The van der Waals surface area contributed by atoms with Gasteiger partial charge in [0.05, 0.1) is 0 Å². The van der Waals surface area contributed by atoms with E-state index in [2.05, 4.69) is 11.9 Å². The minimum atomic E-state index is -0.100. The Kier molecular flexibility index (Phi) is 6.03. The summed E-state index contributed by atoms with van der Waals surface area (Å²) >= 11 is 0. The number of rotatable bonds is 4. The lowest BCUT2D eigenvalue weighted by atomic mass is 10.2. The molecule has 0 aromatic carbocycles. The van der Waals surface area contributed by atoms with Crippen molar-refractivity contribution in [2.45, 2.75) is 39.5 Å². The zero-order valence-electron chi connectivity index (χ0n) is 6.76. The second-order valence-corrected chi connectivity index (χ2v) is 2.33. The summed E-state index contributed by atoms with van der Waals surface area (Å²) in [6.07, 6.45) is 6.23. The van der Waals surface area contributed by atoms with Crippen LogP contribution in [0.5, 0.6) is 0 Å². The van der Waals surface area contributed by atoms with Gasteiger partial charge in [0.15, 0.2) is 0 Å². The fourth-order valence-electron chi connectivity index (χ4n) is 0.679. The molecule has 0 rings (SSSR count). The van der Waals surface area contributed by atoms with Crippen LogP contribution in [0.2, 0.25) is 0 Å². The zero-order valence-corrected chi connectivity index (χ0v) is 6.76. The van der Waals surface area contributed by atoms with Crippen LogP contribution in [0.25, 0.3) is 0 Å². The van der Waals surface area contributed by atoms with Crippen LogP contribution in [0.4, 0.5) is 0 Å². The van der Waals surface area contributed by atoms with Gasteiger partial charge < -0.3 is 0 Å². The Morgan fingerprint density at radius 3 is 2.70 bits per heavy atom. The maximum atomic E-state index is 10.3. The molecule has 2 heteroatoms. The number of amides is 1. The average Bonchev–Trinajstić information content (AvgIpc) is 1.87. The Hall–Kier alpha value is -0.660. The van der Waals surface area contributed by atoms with E-state index in [1.807, 2.05) is 0 Å². The van der Waals surface area contributed by atoms with E-state index in [0.717, 1.165) is 12.8 Å². The summed E-state index contributed by atoms with van der Waals surface area (Å²) in [7, 11) is 0. The van der Waals surface area contributed by atoms with Crippen molar-refractivity contribution in [3.05, 3.63) is 0 Å². The SMILES string of the molecule is CCCCCC=NC(C)=O. The molecule has 58 valence electrons. The van der Waals surface area contributed by atoms with Crippen molar-refractivity contribution >= 4 is 12.1 Å². The van der Waals surface area contributed by atoms with Gasteiger partial charge in [-0.25, -0.2) is 4.99 Å². The molecule has 0 atom stereocenters. The summed E-state index contributed by atoms with van der Waals surface area (Å²) in [6.45, 7) is 3.62. The second-order valence-electron chi connectivity index (χ2n) is 2.33. The van der Waals surface area contributed by atoms with Crippen LogP contribution in [0.15, 0.2) is 4.99 Å². The number of carbonyl (C=O) groups excluding carboxylic acids is 1. The lowest BCUT2D eigenvalue weighted by molar-refractivity contribution is -0.115. The van der Waals surface area contributed by atoms with Crippen LogP contribution in [-0.2, 0) is 4.79 Å². The van der Waals surface area contributed by atoms with Gasteiger partial charge in [0.25, 0.3) is 0 Å². The Bertz CT molecular complexity index is 118. The molecule has 0 unspecified atom stereocenters. The Morgan fingerprint density at radius 2 is 2.20 bits per heavy atom. The van der Waals surface area contributed by atoms with E-state index in [0.29, 0.717) is 0 Å². The van der Waals surface area contributed by atoms with E-state index in [-0.39, 0.29) is 5.91 Å². The van der Waals surface area contributed by atoms with E-state index in [9.17, 15) is 4.79 Å². The molecule has 0 aliphatic rings. The lowest BCUT2D eigenvalue weighted by Gasteiger charge is -1.89. The van der Waals surface area contributed by atoms with Crippen LogP contribution in [0.1, 0.15) is 39.5 Å². The minimum absolute atomic E-state index is 0.100. The first-order chi connectivity index (χ1) is 4.77. The summed E-state index contributed by atoms with van der Waals surface area (Å²) in [5.74, 6) is -0.100. The van der Waals surface area contributed by atoms with Crippen molar-refractivity contribution in [2.75, 3.05) is 0 Å². The highest BCUT2D eigenvalue weighted by Gasteiger charge is 1.83. The molecule has 0 aliphatic carbocycles. The molecule has 0 bridgehead atoms. The van der Waals surface area contributed by atoms with Crippen LogP contribution >= 0.6 is 0 Å². The zero-order chi connectivity index (χ0) is 7.82. The van der Waals surface area contributed by atoms with Crippen molar-refractivity contribution in [1.29, 1.82) is 0 Å². The quantitative estimate of drug-likeness (QED) is 0.436. The molecule has 10 heavy (non-hydrogen) atoms. The van der Waals surface area contributed by atoms with Crippen LogP contribution in [-0.4, -0.2) is 12.1 Å². The number of hydrogen-bond acceptors (Lipinski definition) is 1. The third kappa shape index (κ3) is 7.34. The summed E-state index contributed by atoms with van der Waals surface area (Å²) < 4.78 is 0. The molecule has 0 aromatic heterocycles. The van der Waals surface area contributed by atoms with Gasteiger partial charge in [-0.3, -0.25) is 4.79 Å². The Balaban J connectivity index is 3.10. The van der Waals surface area contributed by atoms with Crippen molar-refractivity contribution in [2.24, 2.45) is 4.99 Å². The molecule has 0 radical (unpaired) electrons. The third-order valence-corrected chi connectivity index (χ3v) is 1.21. The maximum Gasteiger partial charge on any atom is 0.242 e. The molecule has 0 heterocycles. The minimum Gasteiger partial charge on any atom is -0.273 e. The molecule has 0 aliphatic heterocycles. The number of hydrogen-bond donors (Lipinski definition) is 0. The molecular formula is C8H15NO. The summed E-state index contributed by atoms with van der Waals surface area (Å²) in [4.78, 5) is 13.9. The number of unbranched alkanes of at least 4 members (excludes halogenated alkanes) is 3. The van der Waals surface area contributed by atoms with Gasteiger partial charge in [-0.2, -0.15) is 0 Å². The number of nitrogens with zero attached hydrogens (tertiary/aromatic N) is 1. The molecule has 0 saturated carbocycles. The first-order valence-corrected chi connectivity index (χ1v) is 3.80. The Morgan fingerprint density at radius 1 is 1.50 bits per heavy atom. The molecule has 0 N–H and O–H groups in total. The highest BCUT2D eigenvalue weighted by molar-refractivity contribution is 5.82. The van der Waals surface area contributed by atoms with Crippen molar-refractivity contribution in [3.63, 3.8) is 0 Å². The predicted octanol–water partition coefficient (Wildman–Crippen LogP) is 2.18.